The van der Waals surface area contributed by atoms with Gasteiger partial charge in [-0.3, -0.25) is 0 Å². The summed E-state index contributed by atoms with van der Waals surface area (Å²) in [6, 6.07) is 4.95. The monoisotopic (exact) mass is 398 g/mol. The lowest BCUT2D eigenvalue weighted by Crippen LogP contribution is -2.39. The van der Waals surface area contributed by atoms with Crippen molar-refractivity contribution in [1.82, 2.24) is 9.62 Å². The van der Waals surface area contributed by atoms with Gasteiger partial charge in [-0.05, 0) is 47.3 Å². The minimum absolute atomic E-state index is 0. The van der Waals surface area contributed by atoms with Gasteiger partial charge in [0.05, 0.1) is 4.47 Å². The van der Waals surface area contributed by atoms with Gasteiger partial charge in [-0.15, -0.1) is 12.4 Å². The molecule has 2 unspecified atom stereocenters. The number of halogens is 3. The highest BCUT2D eigenvalue weighted by Gasteiger charge is 2.36. The van der Waals surface area contributed by atoms with Gasteiger partial charge in [0, 0.05) is 25.2 Å². The molecule has 0 amide bonds. The number of benzene rings is 1. The normalized spacial score (nSPS) is 26.2. The highest BCUT2D eigenvalue weighted by Crippen LogP contribution is 2.28. The van der Waals surface area contributed by atoms with E-state index in [1.807, 2.05) is 0 Å². The van der Waals surface area contributed by atoms with Gasteiger partial charge in [0.25, 0.3) is 0 Å². The third-order valence-electron chi connectivity index (χ3n) is 4.02. The van der Waals surface area contributed by atoms with Crippen LogP contribution < -0.4 is 5.32 Å². The third kappa shape index (κ3) is 3.27. The molecule has 2 aliphatic rings. The van der Waals surface area contributed by atoms with Crippen LogP contribution in [0.1, 0.15) is 19.3 Å². The van der Waals surface area contributed by atoms with Crippen LogP contribution in [0.4, 0.5) is 4.39 Å². The van der Waals surface area contributed by atoms with Gasteiger partial charge in [-0.2, -0.15) is 4.31 Å². The zero-order valence-corrected chi connectivity index (χ0v) is 14.5. The maximum atomic E-state index is 14.1. The second kappa shape index (κ2) is 6.50. The Morgan fingerprint density at radius 3 is 2.71 bits per heavy atom. The van der Waals surface area contributed by atoms with E-state index in [9.17, 15) is 12.8 Å². The number of nitrogens with one attached hydrogen (secondary N) is 1. The Bertz CT molecular complexity index is 629. The summed E-state index contributed by atoms with van der Waals surface area (Å²) in [5.41, 5.74) is 0. The van der Waals surface area contributed by atoms with Crippen LogP contribution in [0.3, 0.4) is 0 Å². The Morgan fingerprint density at radius 2 is 1.95 bits per heavy atom. The van der Waals surface area contributed by atoms with Crippen molar-refractivity contribution in [2.45, 2.75) is 36.2 Å². The molecule has 21 heavy (non-hydrogen) atoms. The van der Waals surface area contributed by atoms with Gasteiger partial charge in [0.2, 0.25) is 10.0 Å². The number of fused-ring (bicyclic) bond motifs is 2. The number of sulfonamides is 1. The van der Waals surface area contributed by atoms with Crippen LogP contribution >= 0.6 is 28.3 Å². The predicted octanol–water partition coefficient (Wildman–Crippen LogP) is 2.53. The van der Waals surface area contributed by atoms with Crippen LogP contribution in [0.2, 0.25) is 0 Å². The summed E-state index contributed by atoms with van der Waals surface area (Å²) in [5, 5.41) is 3.42. The lowest BCUT2D eigenvalue weighted by molar-refractivity contribution is 0.381. The van der Waals surface area contributed by atoms with Crippen molar-refractivity contribution < 1.29 is 12.8 Å². The fourth-order valence-corrected chi connectivity index (χ4v) is 5.04. The van der Waals surface area contributed by atoms with Crippen LogP contribution in [-0.4, -0.2) is 37.9 Å². The van der Waals surface area contributed by atoms with E-state index < -0.39 is 15.8 Å². The first-order chi connectivity index (χ1) is 9.48. The van der Waals surface area contributed by atoms with E-state index >= 15 is 0 Å². The molecule has 2 atom stereocenters. The van der Waals surface area contributed by atoms with Crippen molar-refractivity contribution in [3.63, 3.8) is 0 Å². The van der Waals surface area contributed by atoms with Crippen molar-refractivity contribution in [2.75, 3.05) is 13.1 Å². The van der Waals surface area contributed by atoms with E-state index in [0.717, 1.165) is 19.3 Å². The first-order valence-electron chi connectivity index (χ1n) is 6.68. The van der Waals surface area contributed by atoms with E-state index in [0.29, 0.717) is 19.1 Å². The summed E-state index contributed by atoms with van der Waals surface area (Å²) >= 11 is 3.04. The molecular formula is C13H17BrClFN2O2S. The average molecular weight is 400 g/mol. The minimum atomic E-state index is -3.77. The van der Waals surface area contributed by atoms with Gasteiger partial charge in [0.1, 0.15) is 4.90 Å². The Kier molecular flexibility index (Phi) is 5.31. The zero-order chi connectivity index (χ0) is 14.3. The molecule has 0 radical (unpaired) electrons. The fourth-order valence-electron chi connectivity index (χ4n) is 2.95. The summed E-state index contributed by atoms with van der Waals surface area (Å²) in [4.78, 5) is -0.246. The number of rotatable bonds is 2. The third-order valence-corrected chi connectivity index (χ3v) is 6.52. The van der Waals surface area contributed by atoms with Gasteiger partial charge in [-0.1, -0.05) is 6.07 Å². The summed E-state index contributed by atoms with van der Waals surface area (Å²) in [7, 11) is -3.77. The van der Waals surface area contributed by atoms with Crippen molar-refractivity contribution in [2.24, 2.45) is 0 Å². The van der Waals surface area contributed by atoms with Gasteiger partial charge < -0.3 is 5.32 Å². The van der Waals surface area contributed by atoms with Crippen molar-refractivity contribution >= 4 is 38.4 Å². The van der Waals surface area contributed by atoms with Crippen LogP contribution in [0.15, 0.2) is 27.6 Å². The summed E-state index contributed by atoms with van der Waals surface area (Å²) in [6.45, 7) is 0.868. The molecule has 2 fully saturated rings. The molecular weight excluding hydrogens is 383 g/mol. The predicted molar refractivity (Wildman–Crippen MR) is 84.7 cm³/mol. The molecule has 0 spiro atoms. The molecule has 2 heterocycles. The minimum Gasteiger partial charge on any atom is -0.310 e. The van der Waals surface area contributed by atoms with Crippen LogP contribution in [-0.2, 0) is 10.0 Å². The largest absolute Gasteiger partial charge is 0.310 e. The Hall–Kier alpha value is -0.210. The number of hydrogen-bond donors (Lipinski definition) is 1. The molecule has 0 aliphatic carbocycles. The molecule has 0 aromatic heterocycles. The molecule has 1 aromatic rings. The topological polar surface area (TPSA) is 49.4 Å². The molecule has 118 valence electrons. The van der Waals surface area contributed by atoms with Crippen LogP contribution in [0.5, 0.6) is 0 Å². The van der Waals surface area contributed by atoms with E-state index in [1.165, 1.54) is 16.4 Å². The first-order valence-corrected chi connectivity index (χ1v) is 8.92. The molecule has 4 nitrogen and oxygen atoms in total. The molecule has 1 aromatic carbocycles. The van der Waals surface area contributed by atoms with E-state index in [2.05, 4.69) is 21.2 Å². The van der Waals surface area contributed by atoms with Crippen molar-refractivity contribution in [3.8, 4) is 0 Å². The quantitative estimate of drug-likeness (QED) is 0.831. The Balaban J connectivity index is 0.00000161. The van der Waals surface area contributed by atoms with Gasteiger partial charge in [-0.25, -0.2) is 12.8 Å². The Labute approximate surface area is 138 Å². The summed E-state index contributed by atoms with van der Waals surface area (Å²) < 4.78 is 40.9. The number of nitrogens with zero attached hydrogens (tertiary/aromatic N) is 1. The second-order valence-electron chi connectivity index (χ2n) is 5.34. The SMILES string of the molecule is Cl.O=S(=O)(c1cccc(Br)c1F)N1CCC2CCC(C1)N2. The average Bonchev–Trinajstić information content (AvgIpc) is 2.71. The van der Waals surface area contributed by atoms with Gasteiger partial charge >= 0.3 is 0 Å². The smallest absolute Gasteiger partial charge is 0.246 e. The molecule has 2 saturated heterocycles. The maximum Gasteiger partial charge on any atom is 0.246 e. The Morgan fingerprint density at radius 1 is 1.24 bits per heavy atom. The van der Waals surface area contributed by atoms with Crippen LogP contribution in [0.25, 0.3) is 0 Å². The highest BCUT2D eigenvalue weighted by molar-refractivity contribution is 9.10. The molecule has 2 bridgehead atoms. The van der Waals surface area contributed by atoms with E-state index in [4.69, 9.17) is 0 Å². The molecule has 8 heteroatoms. The molecule has 0 saturated carbocycles. The van der Waals surface area contributed by atoms with E-state index in [1.54, 1.807) is 6.07 Å². The maximum absolute atomic E-state index is 14.1. The lowest BCUT2D eigenvalue weighted by Gasteiger charge is -2.24. The fraction of sp³-hybridized carbons (Fsp3) is 0.538. The molecule has 3 rings (SSSR count). The lowest BCUT2D eigenvalue weighted by atomic mass is 10.1. The summed E-state index contributed by atoms with van der Waals surface area (Å²) in [6.07, 6.45) is 2.87. The van der Waals surface area contributed by atoms with Gasteiger partial charge in [0.15, 0.2) is 5.82 Å². The standard InChI is InChI=1S/C13H16BrFN2O2S.ClH/c14-11-2-1-3-12(13(11)15)20(18,19)17-7-6-9-4-5-10(8-17)16-9;/h1-3,9-10,16H,4-8H2;1H. The van der Waals surface area contributed by atoms with E-state index in [-0.39, 0.29) is 27.8 Å². The van der Waals surface area contributed by atoms with Crippen molar-refractivity contribution in [1.29, 1.82) is 0 Å². The van der Waals surface area contributed by atoms with Crippen molar-refractivity contribution in [3.05, 3.63) is 28.5 Å². The van der Waals surface area contributed by atoms with Crippen LogP contribution in [0, 0.1) is 5.82 Å². The second-order valence-corrected chi connectivity index (χ2v) is 8.10. The summed E-state index contributed by atoms with van der Waals surface area (Å²) in [5.74, 6) is -0.713. The number of hydrogen-bond acceptors (Lipinski definition) is 3. The zero-order valence-electron chi connectivity index (χ0n) is 11.3. The first kappa shape index (κ1) is 17.1. The highest BCUT2D eigenvalue weighted by atomic mass is 79.9. The molecule has 1 N–H and O–H groups in total. The molecule has 2 aliphatic heterocycles.